The van der Waals surface area contributed by atoms with Gasteiger partial charge in [-0.1, -0.05) is 12.1 Å². The van der Waals surface area contributed by atoms with Gasteiger partial charge in [-0.2, -0.15) is 25.3 Å². The van der Waals surface area contributed by atoms with Crippen LogP contribution in [0.25, 0.3) is 0 Å². The van der Waals surface area contributed by atoms with Crippen LogP contribution in [0.3, 0.4) is 0 Å². The molecule has 1 aromatic heterocycles. The number of hydrogen-bond donors (Lipinski definition) is 19. The average Bonchev–Trinajstić information content (AvgIpc) is 2.09. The van der Waals surface area contributed by atoms with E-state index in [2.05, 4.69) is 77.8 Å². The quantitative estimate of drug-likeness (QED) is 0.0289. The number of aliphatic hydroxyl groups is 3. The number of carbonyl (C=O) groups excluding carboxylic acids is 12. The number of nitrogens with one attached hydrogen (secondary N) is 9. The van der Waals surface area contributed by atoms with E-state index >= 15 is 0 Å². The van der Waals surface area contributed by atoms with Gasteiger partial charge in [-0.25, -0.2) is 9.78 Å². The molecule has 0 saturated carbocycles. The van der Waals surface area contributed by atoms with Gasteiger partial charge in [-0.3, -0.25) is 57.5 Å². The first kappa shape index (κ1) is 71.4. The number of hydrogen-bond acceptors (Lipinski definition) is 21. The number of thiol groups is 2. The van der Waals surface area contributed by atoms with E-state index in [0.29, 0.717) is 12.0 Å². The molecular formula is C52H77N15O18S2. The summed E-state index contributed by atoms with van der Waals surface area (Å²) in [6.45, 7) is 1.16. The first-order valence-corrected chi connectivity index (χ1v) is 28.9. The Morgan fingerprint density at radius 1 is 0.621 bits per heavy atom. The van der Waals surface area contributed by atoms with Crippen molar-refractivity contribution >= 4 is 102 Å². The molecule has 2 aliphatic heterocycles. The van der Waals surface area contributed by atoms with Crippen molar-refractivity contribution in [3.05, 3.63) is 48.0 Å². The number of nitrogens with zero attached hydrogens (tertiary/aromatic N) is 3. The first-order valence-electron chi connectivity index (χ1n) is 27.6. The van der Waals surface area contributed by atoms with Gasteiger partial charge in [0, 0.05) is 62.2 Å². The summed E-state index contributed by atoms with van der Waals surface area (Å²) >= 11 is 7.89. The molecule has 3 heterocycles. The number of aromatic hydroxyl groups is 1. The van der Waals surface area contributed by atoms with Crippen molar-refractivity contribution in [1.82, 2.24) is 62.3 Å². The van der Waals surface area contributed by atoms with Crippen LogP contribution in [0.15, 0.2) is 36.8 Å². The van der Waals surface area contributed by atoms with Gasteiger partial charge in [0.1, 0.15) is 66.2 Å². The maximum atomic E-state index is 14.5. The number of aliphatic carboxylic acids is 1. The van der Waals surface area contributed by atoms with E-state index in [9.17, 15) is 87.9 Å². The van der Waals surface area contributed by atoms with Gasteiger partial charge in [0.15, 0.2) is 0 Å². The number of aromatic amines is 1. The van der Waals surface area contributed by atoms with Gasteiger partial charge in [0.25, 0.3) is 0 Å². The largest absolute Gasteiger partial charge is 0.508 e. The van der Waals surface area contributed by atoms with Crippen molar-refractivity contribution < 1.29 is 87.9 Å². The first-order chi connectivity index (χ1) is 41.1. The summed E-state index contributed by atoms with van der Waals surface area (Å²) in [5.41, 5.74) is 17.0. The fourth-order valence-corrected chi connectivity index (χ4v) is 9.78. The molecule has 33 nitrogen and oxygen atoms in total. The number of carbonyl (C=O) groups is 13. The Balaban J connectivity index is 1.56. The highest BCUT2D eigenvalue weighted by molar-refractivity contribution is 7.80. The van der Waals surface area contributed by atoms with Crippen LogP contribution in [0.2, 0.25) is 0 Å². The van der Waals surface area contributed by atoms with Crippen LogP contribution in [0.5, 0.6) is 5.75 Å². The van der Waals surface area contributed by atoms with Gasteiger partial charge >= 0.3 is 5.97 Å². The van der Waals surface area contributed by atoms with Crippen LogP contribution < -0.4 is 59.7 Å². The molecule has 2 aromatic rings. The average molecular weight is 1260 g/mol. The number of carboxylic acids is 1. The summed E-state index contributed by atoms with van der Waals surface area (Å²) < 4.78 is 0. The molecule has 0 bridgehead atoms. The predicted octanol–water partition coefficient (Wildman–Crippen LogP) is -7.68. The van der Waals surface area contributed by atoms with Crippen LogP contribution in [0, 0.1) is 0 Å². The summed E-state index contributed by atoms with van der Waals surface area (Å²) in [5.74, 6) is -13.7. The Bertz CT molecular complexity index is 2780. The lowest BCUT2D eigenvalue weighted by Gasteiger charge is -2.34. The number of rotatable bonds is 34. The van der Waals surface area contributed by atoms with E-state index in [1.807, 2.05) is 0 Å². The second-order valence-electron chi connectivity index (χ2n) is 20.9. The number of aromatic nitrogens is 2. The molecule has 1 aromatic carbocycles. The van der Waals surface area contributed by atoms with E-state index in [0.717, 1.165) is 11.8 Å². The molecule has 2 aliphatic rings. The lowest BCUT2D eigenvalue weighted by molar-refractivity contribution is -0.149. The second kappa shape index (κ2) is 34.3. The Hall–Kier alpha value is -8.12. The summed E-state index contributed by atoms with van der Waals surface area (Å²) in [5, 5.41) is 70.2. The van der Waals surface area contributed by atoms with Crippen molar-refractivity contribution in [2.24, 2.45) is 17.2 Å². The smallest absolute Gasteiger partial charge is 0.327 e. The molecule has 0 unspecified atom stereocenters. The molecule has 35 heteroatoms. The molecule has 13 atom stereocenters. The van der Waals surface area contributed by atoms with Gasteiger partial charge in [0.05, 0.1) is 31.2 Å². The SMILES string of the molecule is C[C@@H](O)[C@H](NC(=O)[C@@H]1CCCN1C(=O)[C@@H]1CCCN1C(=O)[C@@H](NC(=O)[C@H](CO)NC(=O)[C@H](Cc1ccc(O)cc1)NC(=O)[C@H](Cc1cnc[nH]1)NC(=O)[C@H](CCC(N)=O)NC(=O)[C@H](CCC(N)=O)NC(=O)[C@@H](N)CS)[C@@H](C)O)C(=O)N[C@@H](CS)C(=O)O. The molecule has 0 radical (unpaired) electrons. The number of phenols is 1. The van der Waals surface area contributed by atoms with E-state index in [1.54, 1.807) is 0 Å². The van der Waals surface area contributed by atoms with Crippen molar-refractivity contribution in [2.45, 2.75) is 157 Å². The van der Waals surface area contributed by atoms with E-state index in [1.165, 1.54) is 48.6 Å². The van der Waals surface area contributed by atoms with Crippen LogP contribution in [0.1, 0.15) is 76.5 Å². The highest BCUT2D eigenvalue weighted by atomic mass is 32.1. The van der Waals surface area contributed by atoms with Crippen LogP contribution in [0.4, 0.5) is 0 Å². The number of H-pyrrole nitrogens is 1. The molecule has 87 heavy (non-hydrogen) atoms. The third kappa shape index (κ3) is 21.4. The zero-order valence-corrected chi connectivity index (χ0v) is 49.4. The number of primary amides is 2. The minimum Gasteiger partial charge on any atom is -0.508 e. The third-order valence-corrected chi connectivity index (χ3v) is 14.9. The van der Waals surface area contributed by atoms with Gasteiger partial charge in [0.2, 0.25) is 70.9 Å². The Labute approximate surface area is 509 Å². The fraction of sp³-hybridized carbons (Fsp3) is 0.577. The second-order valence-corrected chi connectivity index (χ2v) is 21.6. The van der Waals surface area contributed by atoms with Crippen molar-refractivity contribution in [2.75, 3.05) is 31.2 Å². The summed E-state index contributed by atoms with van der Waals surface area (Å²) in [6, 6.07) is -11.6. The molecule has 0 spiro atoms. The molecule has 2 saturated heterocycles. The van der Waals surface area contributed by atoms with Crippen molar-refractivity contribution in [3.8, 4) is 5.75 Å². The number of nitrogens with two attached hydrogens (primary N) is 3. The normalized spacial score (nSPS) is 18.5. The van der Waals surface area contributed by atoms with Gasteiger partial charge in [-0.05, 0) is 70.1 Å². The molecule has 12 amide bonds. The molecule has 480 valence electrons. The number of aliphatic hydroxyl groups excluding tert-OH is 3. The summed E-state index contributed by atoms with van der Waals surface area (Å²) in [6.07, 6.45) is -2.35. The van der Waals surface area contributed by atoms with Crippen molar-refractivity contribution in [1.29, 1.82) is 0 Å². The lowest BCUT2D eigenvalue weighted by atomic mass is 10.0. The topological polar surface area (TPSA) is 533 Å². The van der Waals surface area contributed by atoms with Gasteiger partial charge < -0.3 is 100 Å². The number of carboxylic acid groups (broad SMARTS) is 1. The predicted molar refractivity (Wildman–Crippen MR) is 310 cm³/mol. The number of imidazole rings is 1. The molecule has 4 rings (SSSR count). The number of phenolic OH excluding ortho intramolecular Hbond substituents is 1. The maximum Gasteiger partial charge on any atom is 0.327 e. The van der Waals surface area contributed by atoms with Crippen LogP contribution >= 0.6 is 25.3 Å². The van der Waals surface area contributed by atoms with E-state index in [4.69, 9.17) is 17.2 Å². The Morgan fingerprint density at radius 3 is 1.60 bits per heavy atom. The van der Waals surface area contributed by atoms with Gasteiger partial charge in [-0.15, -0.1) is 0 Å². The fourth-order valence-electron chi connectivity index (χ4n) is 9.36. The Kier molecular flexibility index (Phi) is 28.1. The van der Waals surface area contributed by atoms with E-state index < -0.39 is 181 Å². The standard InChI is InChI=1S/C52H77N15O18S2/c1-24(69)40(49(81)63-35(22-87)52(84)85)64-48(80)36-5-3-15-66(36)50(82)37-6-4-16-67(37)51(83)41(25(2)70)65-47(79)34(20-68)62-45(77)32(17-26-7-9-28(71)10-8-26)60-46(78)33(18-27-19-56-23-57-27)61-44(76)31(12-14-39(55)73)59-43(75)30(11-13-38(54)72)58-42(74)29(53)21-86/h7-10,19,23-25,29-37,40-41,68-71,86-87H,3-6,11-18,20-22,53H2,1-2H3,(H2,54,72)(H2,55,73)(H,56,57)(H,58,74)(H,59,75)(H,60,78)(H,61,76)(H,62,77)(H,63,81)(H,64,80)(H,65,79)(H,84,85)/t24-,25-,29+,30+,31+,32+,33+,34+,35+,36+,37+,40+,41+/m1/s1. The zero-order chi connectivity index (χ0) is 64.8. The summed E-state index contributed by atoms with van der Waals surface area (Å²) in [4.78, 5) is 183. The van der Waals surface area contributed by atoms with Crippen LogP contribution in [-0.2, 0) is 75.2 Å². The maximum absolute atomic E-state index is 14.5. The molecular weight excluding hydrogens is 1190 g/mol. The monoisotopic (exact) mass is 1260 g/mol. The highest BCUT2D eigenvalue weighted by Gasteiger charge is 2.46. The number of benzene rings is 1. The minimum absolute atomic E-state index is 0.0294. The zero-order valence-electron chi connectivity index (χ0n) is 47.6. The lowest BCUT2D eigenvalue weighted by Crippen LogP contribution is -2.62. The molecule has 2 fully saturated rings. The molecule has 0 aliphatic carbocycles. The van der Waals surface area contributed by atoms with Crippen molar-refractivity contribution in [3.63, 3.8) is 0 Å². The number of likely N-dealkylation sites (tertiary alicyclic amines) is 2. The van der Waals surface area contributed by atoms with Crippen LogP contribution in [-0.4, -0.2) is 232 Å². The number of amides is 12. The highest BCUT2D eigenvalue weighted by Crippen LogP contribution is 2.26. The third-order valence-electron chi connectivity index (χ3n) is 14.2. The molecule has 20 N–H and O–H groups in total. The Morgan fingerprint density at radius 2 is 1.10 bits per heavy atom. The minimum atomic E-state index is -1.91. The van der Waals surface area contributed by atoms with E-state index in [-0.39, 0.29) is 74.6 Å². The summed E-state index contributed by atoms with van der Waals surface area (Å²) in [7, 11) is 0.